The lowest BCUT2D eigenvalue weighted by Crippen LogP contribution is -2.46. The second-order valence-electron chi connectivity index (χ2n) is 11.2. The summed E-state index contributed by atoms with van der Waals surface area (Å²) in [4.78, 5) is 26.0. The van der Waals surface area contributed by atoms with E-state index in [0.717, 1.165) is 24.2 Å². The zero-order chi connectivity index (χ0) is 30.5. The highest BCUT2D eigenvalue weighted by molar-refractivity contribution is 7.92. The van der Waals surface area contributed by atoms with Gasteiger partial charge in [-0.15, -0.1) is 11.3 Å². The summed E-state index contributed by atoms with van der Waals surface area (Å²) < 4.78 is 45.6. The highest BCUT2D eigenvalue weighted by Crippen LogP contribution is 2.43. The molecule has 1 aliphatic rings. The zero-order valence-electron chi connectivity index (χ0n) is 24.6. The van der Waals surface area contributed by atoms with Crippen LogP contribution in [0.4, 0.5) is 5.69 Å². The molecule has 3 aromatic rings. The molecule has 0 aliphatic carbocycles. The molecule has 0 unspecified atom stereocenters. The summed E-state index contributed by atoms with van der Waals surface area (Å²) in [6.07, 6.45) is 1.37. The van der Waals surface area contributed by atoms with Gasteiger partial charge in [-0.25, -0.2) is 18.0 Å². The number of benzene rings is 2. The van der Waals surface area contributed by atoms with Crippen molar-refractivity contribution in [2.75, 3.05) is 31.1 Å². The highest BCUT2D eigenvalue weighted by Gasteiger charge is 2.32. The lowest BCUT2D eigenvalue weighted by molar-refractivity contribution is -0.157. The summed E-state index contributed by atoms with van der Waals surface area (Å²) in [5, 5.41) is 3.31. The van der Waals surface area contributed by atoms with Crippen LogP contribution in [0.15, 0.2) is 54.6 Å². The minimum atomic E-state index is -3.73. The molecule has 1 N–H and O–H groups in total. The first-order chi connectivity index (χ1) is 19.9. The van der Waals surface area contributed by atoms with E-state index in [4.69, 9.17) is 14.2 Å². The van der Waals surface area contributed by atoms with E-state index in [0.29, 0.717) is 29.0 Å². The molecule has 226 valence electrons. The number of hydrogen-bond donors (Lipinski definition) is 1. The van der Waals surface area contributed by atoms with Gasteiger partial charge in [0.15, 0.2) is 11.5 Å². The molecular weight excluding hydrogens is 576 g/mol. The first-order valence-corrected chi connectivity index (χ1v) is 16.3. The van der Waals surface area contributed by atoms with Crippen molar-refractivity contribution < 1.29 is 32.2 Å². The Morgan fingerprint density at radius 3 is 2.38 bits per heavy atom. The van der Waals surface area contributed by atoms with E-state index >= 15 is 0 Å². The van der Waals surface area contributed by atoms with Gasteiger partial charge in [0.2, 0.25) is 10.0 Å². The van der Waals surface area contributed by atoms with E-state index in [1.165, 1.54) is 18.4 Å². The van der Waals surface area contributed by atoms with Gasteiger partial charge in [0.05, 0.1) is 18.6 Å². The Morgan fingerprint density at radius 1 is 1.05 bits per heavy atom. The van der Waals surface area contributed by atoms with Crippen molar-refractivity contribution >= 4 is 39.0 Å². The van der Waals surface area contributed by atoms with Crippen LogP contribution in [0, 0.1) is 6.92 Å². The van der Waals surface area contributed by atoms with Crippen LogP contribution in [0.3, 0.4) is 0 Å². The van der Waals surface area contributed by atoms with E-state index in [9.17, 15) is 18.0 Å². The van der Waals surface area contributed by atoms with Gasteiger partial charge in [-0.05, 0) is 76.9 Å². The van der Waals surface area contributed by atoms with E-state index in [1.807, 2.05) is 48.5 Å². The van der Waals surface area contributed by atoms with Crippen molar-refractivity contribution in [3.63, 3.8) is 0 Å². The Bertz CT molecular complexity index is 1510. The Labute approximate surface area is 251 Å². The Morgan fingerprint density at radius 2 is 1.74 bits per heavy atom. The molecule has 0 saturated carbocycles. The van der Waals surface area contributed by atoms with Crippen LogP contribution in [-0.2, 0) is 30.0 Å². The molecule has 0 amide bonds. The third-order valence-corrected chi connectivity index (χ3v) is 9.82. The molecule has 11 heteroatoms. The van der Waals surface area contributed by atoms with Gasteiger partial charge in [0.1, 0.15) is 11.4 Å². The molecule has 42 heavy (non-hydrogen) atoms. The molecule has 1 fully saturated rings. The van der Waals surface area contributed by atoms with Gasteiger partial charge in [-0.1, -0.05) is 42.5 Å². The van der Waals surface area contributed by atoms with Crippen LogP contribution in [0.2, 0.25) is 0 Å². The largest absolute Gasteiger partial charge is 0.480 e. The third kappa shape index (κ3) is 7.70. The van der Waals surface area contributed by atoms with Gasteiger partial charge in [-0.2, -0.15) is 0 Å². The third-order valence-electron chi connectivity index (χ3n) is 6.71. The minimum Gasteiger partial charge on any atom is -0.480 e. The molecule has 0 atom stereocenters. The Balaban J connectivity index is 1.72. The highest BCUT2D eigenvalue weighted by atomic mass is 32.2. The average Bonchev–Trinajstić information content (AvgIpc) is 3.27. The number of anilines is 1. The van der Waals surface area contributed by atoms with Crippen molar-refractivity contribution in [3.05, 3.63) is 70.6 Å². The molecule has 0 radical (unpaired) electrons. The maximum Gasteiger partial charge on any atom is 0.351 e. The van der Waals surface area contributed by atoms with Crippen LogP contribution in [0.5, 0.6) is 5.75 Å². The smallest absolute Gasteiger partial charge is 0.351 e. The fraction of sp³-hybridized carbons (Fsp3) is 0.419. The molecule has 2 aromatic carbocycles. The first-order valence-electron chi connectivity index (χ1n) is 13.8. The number of thiophene rings is 1. The van der Waals surface area contributed by atoms with Crippen molar-refractivity contribution in [2.24, 2.45) is 0 Å². The van der Waals surface area contributed by atoms with Gasteiger partial charge >= 0.3 is 11.9 Å². The van der Waals surface area contributed by atoms with Gasteiger partial charge < -0.3 is 19.5 Å². The summed E-state index contributed by atoms with van der Waals surface area (Å²) in [7, 11) is -2.45. The number of piperidine rings is 1. The topological polar surface area (TPSA) is 111 Å². The lowest BCUT2D eigenvalue weighted by Gasteiger charge is -2.35. The van der Waals surface area contributed by atoms with Gasteiger partial charge in [0.25, 0.3) is 0 Å². The van der Waals surface area contributed by atoms with Crippen LogP contribution in [0.25, 0.3) is 10.4 Å². The number of sulfonamides is 1. The number of methoxy groups -OCH3 is 1. The van der Waals surface area contributed by atoms with Crippen LogP contribution < -0.4 is 14.4 Å². The predicted octanol–water partition coefficient (Wildman–Crippen LogP) is 5.32. The zero-order valence-corrected chi connectivity index (χ0v) is 26.3. The number of carbonyl (C=O) groups excluding carboxylic acids is 2. The van der Waals surface area contributed by atoms with Gasteiger partial charge in [0, 0.05) is 16.5 Å². The summed E-state index contributed by atoms with van der Waals surface area (Å²) in [5.74, 6) is -1.03. The number of nitrogens with zero attached hydrogens (tertiary/aromatic N) is 1. The van der Waals surface area contributed by atoms with Crippen LogP contribution >= 0.6 is 11.3 Å². The fourth-order valence-electron chi connectivity index (χ4n) is 4.96. The molecule has 9 nitrogen and oxygen atoms in total. The molecule has 1 saturated heterocycles. The molecule has 4 rings (SSSR count). The van der Waals surface area contributed by atoms with Crippen LogP contribution in [-0.4, -0.2) is 58.8 Å². The fourth-order valence-corrected chi connectivity index (χ4v) is 7.97. The van der Waals surface area contributed by atoms with Crippen molar-refractivity contribution in [2.45, 2.75) is 57.9 Å². The number of ether oxygens (including phenoxy) is 3. The van der Waals surface area contributed by atoms with Crippen molar-refractivity contribution in [1.82, 2.24) is 5.32 Å². The summed E-state index contributed by atoms with van der Waals surface area (Å²) in [6, 6.07) is 16.3. The number of rotatable bonds is 10. The predicted molar refractivity (Wildman–Crippen MR) is 165 cm³/mol. The molecule has 2 heterocycles. The monoisotopic (exact) mass is 614 g/mol. The maximum absolute atomic E-state index is 13.9. The summed E-state index contributed by atoms with van der Waals surface area (Å²) >= 11 is 1.17. The minimum absolute atomic E-state index is 0.116. The Hall–Kier alpha value is -3.41. The van der Waals surface area contributed by atoms with Crippen LogP contribution in [0.1, 0.15) is 54.4 Å². The average molecular weight is 615 g/mol. The Kier molecular flexibility index (Phi) is 9.96. The second-order valence-corrected chi connectivity index (χ2v) is 14.0. The maximum atomic E-state index is 13.9. The SMILES string of the molecule is COC(=O)c1sc(-c2cccc(N(C3CCNCC3)S(=O)(=O)Cc3ccccc3)c2)c(C)c1OCC(=O)OC(C)(C)C. The molecule has 1 aliphatic heterocycles. The standard InChI is InChI=1S/C31H38N2O7S2/c1-21-27(39-19-26(34)40-31(2,3)4)29(30(35)38-5)41-28(21)23-12-9-13-25(18-23)33(24-14-16-32-17-15-24)42(36,37)20-22-10-7-6-8-11-22/h6-13,18,24,32H,14-17,19-20H2,1-5H3. The van der Waals surface area contributed by atoms with Crippen molar-refractivity contribution in [1.29, 1.82) is 0 Å². The summed E-state index contributed by atoms with van der Waals surface area (Å²) in [5.41, 5.74) is 1.96. The first kappa shape index (κ1) is 31.5. The normalized spacial score (nSPS) is 14.3. The number of carbonyl (C=O) groups is 2. The van der Waals surface area contributed by atoms with E-state index in [1.54, 1.807) is 38.1 Å². The van der Waals surface area contributed by atoms with E-state index < -0.39 is 27.6 Å². The van der Waals surface area contributed by atoms with E-state index in [2.05, 4.69) is 5.32 Å². The molecule has 0 bridgehead atoms. The second kappa shape index (κ2) is 13.3. The van der Waals surface area contributed by atoms with Gasteiger partial charge in [-0.3, -0.25) is 4.31 Å². The quantitative estimate of drug-likeness (QED) is 0.306. The van der Waals surface area contributed by atoms with E-state index in [-0.39, 0.29) is 29.0 Å². The lowest BCUT2D eigenvalue weighted by atomic mass is 10.0. The van der Waals surface area contributed by atoms with Crippen molar-refractivity contribution in [3.8, 4) is 16.2 Å². The molecular formula is C31H38N2O7S2. The number of hydrogen-bond acceptors (Lipinski definition) is 9. The molecule has 1 aromatic heterocycles. The summed E-state index contributed by atoms with van der Waals surface area (Å²) in [6.45, 7) is 8.17. The number of esters is 2. The molecule has 0 spiro atoms. The number of nitrogens with one attached hydrogen (secondary N) is 1.